The molecule has 0 radical (unpaired) electrons. The Kier molecular flexibility index (Phi) is 4.22. The molecule has 0 N–H and O–H groups in total. The van der Waals surface area contributed by atoms with Gasteiger partial charge in [-0.15, -0.1) is 0 Å². The molecule has 0 saturated heterocycles. The van der Waals surface area contributed by atoms with Crippen molar-refractivity contribution in [2.24, 2.45) is 5.92 Å². The Labute approximate surface area is 108 Å². The van der Waals surface area contributed by atoms with Crippen LogP contribution >= 0.6 is 11.6 Å². The highest BCUT2D eigenvalue weighted by atomic mass is 35.5. The minimum Gasteiger partial charge on any atom is -0.294 e. The molecule has 0 aliphatic heterocycles. The monoisotopic (exact) mass is 250 g/mol. The highest BCUT2D eigenvalue weighted by molar-refractivity contribution is 6.31. The van der Waals surface area contributed by atoms with Crippen molar-refractivity contribution >= 4 is 17.4 Å². The second-order valence-corrected chi connectivity index (χ2v) is 5.45. The molecule has 1 aromatic carbocycles. The Morgan fingerprint density at radius 1 is 1.29 bits per heavy atom. The fourth-order valence-corrected chi connectivity index (χ4v) is 2.85. The fraction of sp³-hybridized carbons (Fsp3) is 0.533. The highest BCUT2D eigenvalue weighted by Gasteiger charge is 2.19. The van der Waals surface area contributed by atoms with E-state index in [1.165, 1.54) is 32.1 Å². The van der Waals surface area contributed by atoms with Crippen molar-refractivity contribution in [3.63, 3.8) is 0 Å². The van der Waals surface area contributed by atoms with Crippen molar-refractivity contribution in [1.82, 2.24) is 0 Å². The van der Waals surface area contributed by atoms with Crippen LogP contribution in [0.2, 0.25) is 5.02 Å². The van der Waals surface area contributed by atoms with Gasteiger partial charge in [0.1, 0.15) is 0 Å². The molecule has 1 nitrogen and oxygen atoms in total. The topological polar surface area (TPSA) is 17.1 Å². The van der Waals surface area contributed by atoms with Gasteiger partial charge in [0.2, 0.25) is 0 Å². The number of hydrogen-bond donors (Lipinski definition) is 0. The summed E-state index contributed by atoms with van der Waals surface area (Å²) in [6, 6.07) is 5.60. The number of halogens is 1. The molecule has 1 saturated carbocycles. The largest absolute Gasteiger partial charge is 0.294 e. The molecule has 0 amide bonds. The minimum atomic E-state index is 0.261. The van der Waals surface area contributed by atoms with Gasteiger partial charge >= 0.3 is 0 Å². The first-order valence-electron chi connectivity index (χ1n) is 6.47. The van der Waals surface area contributed by atoms with E-state index < -0.39 is 0 Å². The van der Waals surface area contributed by atoms with Crippen molar-refractivity contribution in [2.45, 2.75) is 45.4 Å². The number of carbonyl (C=O) groups excluding carboxylic acids is 1. The van der Waals surface area contributed by atoms with E-state index in [1.807, 2.05) is 25.1 Å². The van der Waals surface area contributed by atoms with Crippen LogP contribution in [0.25, 0.3) is 0 Å². The first kappa shape index (κ1) is 12.6. The predicted octanol–water partition coefficient (Wildman–Crippen LogP) is 4.80. The molecule has 1 aliphatic carbocycles. The number of ketones is 1. The van der Waals surface area contributed by atoms with Crippen molar-refractivity contribution in [3.05, 3.63) is 34.3 Å². The summed E-state index contributed by atoms with van der Waals surface area (Å²) >= 11 is 6.05. The zero-order valence-electron chi connectivity index (χ0n) is 10.3. The number of carbonyl (C=O) groups is 1. The molecule has 0 bridgehead atoms. The normalized spacial score (nSPS) is 17.1. The van der Waals surface area contributed by atoms with Gasteiger partial charge in [0.05, 0.1) is 0 Å². The molecule has 17 heavy (non-hydrogen) atoms. The van der Waals surface area contributed by atoms with Crippen LogP contribution in [0.15, 0.2) is 18.2 Å². The first-order chi connectivity index (χ1) is 8.18. The molecule has 0 heterocycles. The summed E-state index contributed by atoms with van der Waals surface area (Å²) in [6.07, 6.45) is 7.03. The Morgan fingerprint density at radius 2 is 2.00 bits per heavy atom. The summed E-state index contributed by atoms with van der Waals surface area (Å²) < 4.78 is 0. The van der Waals surface area contributed by atoms with Crippen LogP contribution in [0.5, 0.6) is 0 Å². The lowest BCUT2D eigenvalue weighted by atomic mass is 9.84. The molecule has 2 heteroatoms. The lowest BCUT2D eigenvalue weighted by molar-refractivity contribution is 0.0949. The maximum atomic E-state index is 12.2. The van der Waals surface area contributed by atoms with Gasteiger partial charge < -0.3 is 0 Å². The lowest BCUT2D eigenvalue weighted by Crippen LogP contribution is -2.13. The number of Topliss-reactive ketones (excluding diaryl/α,β-unsaturated/α-hetero) is 1. The van der Waals surface area contributed by atoms with Crippen LogP contribution < -0.4 is 0 Å². The number of rotatable bonds is 3. The van der Waals surface area contributed by atoms with E-state index in [1.54, 1.807) is 0 Å². The molecule has 0 spiro atoms. The van der Waals surface area contributed by atoms with E-state index in [-0.39, 0.29) is 5.78 Å². The van der Waals surface area contributed by atoms with Crippen molar-refractivity contribution in [1.29, 1.82) is 0 Å². The van der Waals surface area contributed by atoms with Gasteiger partial charge in [0, 0.05) is 17.0 Å². The Bertz CT molecular complexity index is 405. The third-order valence-electron chi connectivity index (χ3n) is 3.77. The summed E-state index contributed by atoms with van der Waals surface area (Å²) in [7, 11) is 0. The lowest BCUT2D eigenvalue weighted by Gasteiger charge is -2.21. The second kappa shape index (κ2) is 5.68. The third kappa shape index (κ3) is 3.10. The minimum absolute atomic E-state index is 0.261. The smallest absolute Gasteiger partial charge is 0.163 e. The quantitative estimate of drug-likeness (QED) is 0.704. The average Bonchev–Trinajstić information content (AvgIpc) is 2.34. The van der Waals surface area contributed by atoms with Gasteiger partial charge in [0.25, 0.3) is 0 Å². The van der Waals surface area contributed by atoms with Gasteiger partial charge in [-0.25, -0.2) is 0 Å². The fourth-order valence-electron chi connectivity index (χ4n) is 2.67. The zero-order valence-corrected chi connectivity index (χ0v) is 11.1. The van der Waals surface area contributed by atoms with E-state index in [9.17, 15) is 4.79 Å². The molecule has 1 fully saturated rings. The van der Waals surface area contributed by atoms with E-state index in [0.717, 1.165) is 11.1 Å². The van der Waals surface area contributed by atoms with Crippen LogP contribution in [0.3, 0.4) is 0 Å². The molecule has 92 valence electrons. The molecule has 0 unspecified atom stereocenters. The molecule has 2 rings (SSSR count). The molecule has 0 aromatic heterocycles. The van der Waals surface area contributed by atoms with Gasteiger partial charge in [0.15, 0.2) is 5.78 Å². The summed E-state index contributed by atoms with van der Waals surface area (Å²) in [4.78, 5) is 12.2. The molecular formula is C15H19ClO. The second-order valence-electron chi connectivity index (χ2n) is 5.04. The standard InChI is InChI=1S/C15H19ClO/c1-11-13(8-5-9-14(11)16)15(17)10-12-6-3-2-4-7-12/h5,8-9,12H,2-4,6-7,10H2,1H3. The van der Waals surface area contributed by atoms with E-state index in [0.29, 0.717) is 17.4 Å². The Hall–Kier alpha value is -0.820. The van der Waals surface area contributed by atoms with Crippen molar-refractivity contribution in [3.8, 4) is 0 Å². The average molecular weight is 251 g/mol. The maximum Gasteiger partial charge on any atom is 0.163 e. The number of hydrogen-bond acceptors (Lipinski definition) is 1. The van der Waals surface area contributed by atoms with Gasteiger partial charge in [-0.3, -0.25) is 4.79 Å². The first-order valence-corrected chi connectivity index (χ1v) is 6.84. The summed E-state index contributed by atoms with van der Waals surface area (Å²) in [6.45, 7) is 1.93. The molecule has 0 atom stereocenters. The zero-order chi connectivity index (χ0) is 12.3. The van der Waals surface area contributed by atoms with Crippen LogP contribution in [0, 0.1) is 12.8 Å². The summed E-state index contributed by atoms with van der Waals surface area (Å²) in [5.74, 6) is 0.853. The Balaban J connectivity index is 2.06. The highest BCUT2D eigenvalue weighted by Crippen LogP contribution is 2.28. The van der Waals surface area contributed by atoms with Crippen LogP contribution in [-0.2, 0) is 0 Å². The third-order valence-corrected chi connectivity index (χ3v) is 4.18. The molecular weight excluding hydrogens is 232 g/mol. The van der Waals surface area contributed by atoms with E-state index >= 15 is 0 Å². The summed E-state index contributed by atoms with van der Waals surface area (Å²) in [5, 5.41) is 0.694. The van der Waals surface area contributed by atoms with Crippen LogP contribution in [0.1, 0.15) is 54.4 Å². The van der Waals surface area contributed by atoms with Crippen molar-refractivity contribution < 1.29 is 4.79 Å². The predicted molar refractivity (Wildman–Crippen MR) is 71.7 cm³/mol. The molecule has 1 aromatic rings. The Morgan fingerprint density at radius 3 is 2.71 bits per heavy atom. The summed E-state index contributed by atoms with van der Waals surface area (Å²) in [5.41, 5.74) is 1.73. The van der Waals surface area contributed by atoms with E-state index in [2.05, 4.69) is 0 Å². The van der Waals surface area contributed by atoms with Gasteiger partial charge in [-0.2, -0.15) is 0 Å². The van der Waals surface area contributed by atoms with Crippen LogP contribution in [0.4, 0.5) is 0 Å². The number of benzene rings is 1. The van der Waals surface area contributed by atoms with E-state index in [4.69, 9.17) is 11.6 Å². The van der Waals surface area contributed by atoms with Crippen LogP contribution in [-0.4, -0.2) is 5.78 Å². The SMILES string of the molecule is Cc1c(Cl)cccc1C(=O)CC1CCCCC1. The van der Waals surface area contributed by atoms with Gasteiger partial charge in [-0.1, -0.05) is 55.8 Å². The van der Waals surface area contributed by atoms with Crippen molar-refractivity contribution in [2.75, 3.05) is 0 Å². The van der Waals surface area contributed by atoms with Gasteiger partial charge in [-0.05, 0) is 24.5 Å². The maximum absolute atomic E-state index is 12.2. The molecule has 1 aliphatic rings.